The highest BCUT2D eigenvalue weighted by Crippen LogP contribution is 2.14. The summed E-state index contributed by atoms with van der Waals surface area (Å²) in [5.74, 6) is 6.12. The molecule has 1 aromatic rings. The quantitative estimate of drug-likeness (QED) is 0.351. The number of esters is 1. The molecule has 1 rings (SSSR count). The van der Waals surface area contributed by atoms with Crippen molar-refractivity contribution >= 4 is 5.97 Å². The summed E-state index contributed by atoms with van der Waals surface area (Å²) in [6, 6.07) is 7.48. The molecule has 0 atom stereocenters. The van der Waals surface area contributed by atoms with Crippen LogP contribution in [0.25, 0.3) is 0 Å². The van der Waals surface area contributed by atoms with E-state index in [-0.39, 0.29) is 12.3 Å². The van der Waals surface area contributed by atoms with E-state index in [4.69, 9.17) is 21.1 Å². The molecule has 0 bridgehead atoms. The van der Waals surface area contributed by atoms with Crippen molar-refractivity contribution < 1.29 is 14.3 Å². The number of carbonyl (C=O) groups excluding carboxylic acids is 1. The predicted octanol–water partition coefficient (Wildman–Crippen LogP) is 1.12. The van der Waals surface area contributed by atoms with Gasteiger partial charge < -0.3 is 20.2 Å². The first-order valence-corrected chi connectivity index (χ1v) is 6.28. The van der Waals surface area contributed by atoms with Crippen LogP contribution in [0.2, 0.25) is 0 Å². The number of benzene rings is 1. The maximum absolute atomic E-state index is 11.5. The fourth-order valence-electron chi connectivity index (χ4n) is 1.56. The molecule has 0 fully saturated rings. The number of hydrogen-bond acceptors (Lipinski definition) is 6. The van der Waals surface area contributed by atoms with Crippen LogP contribution in [0.1, 0.15) is 19.4 Å². The molecule has 6 nitrogen and oxygen atoms in total. The van der Waals surface area contributed by atoms with Gasteiger partial charge in [0.2, 0.25) is 0 Å². The van der Waals surface area contributed by atoms with E-state index in [1.54, 1.807) is 21.0 Å². The van der Waals surface area contributed by atoms with Crippen LogP contribution in [0, 0.1) is 0 Å². The first kappa shape index (κ1) is 15.8. The van der Waals surface area contributed by atoms with Gasteiger partial charge >= 0.3 is 5.97 Å². The lowest BCUT2D eigenvalue weighted by molar-refractivity contribution is -0.138. The van der Waals surface area contributed by atoms with Crippen molar-refractivity contribution in [1.29, 1.82) is 0 Å². The Hall–Kier alpha value is -2.21. The van der Waals surface area contributed by atoms with Crippen LogP contribution < -0.4 is 16.3 Å². The number of carbonyl (C=O) groups is 1. The standard InChI is InChI=1S/C14H21N3O3/c1-4-20-14(18)13(15)10(2)17(16)9-11-5-7-12(19-3)8-6-11/h5-8H,4,9,15-16H2,1-3H3/b13-10-. The van der Waals surface area contributed by atoms with E-state index < -0.39 is 5.97 Å². The van der Waals surface area contributed by atoms with Gasteiger partial charge in [0.15, 0.2) is 0 Å². The summed E-state index contributed by atoms with van der Waals surface area (Å²) in [6.07, 6.45) is 0. The molecule has 0 aliphatic heterocycles. The maximum atomic E-state index is 11.5. The average molecular weight is 279 g/mol. The van der Waals surface area contributed by atoms with Gasteiger partial charge in [0.1, 0.15) is 11.4 Å². The first-order valence-electron chi connectivity index (χ1n) is 6.28. The maximum Gasteiger partial charge on any atom is 0.356 e. The average Bonchev–Trinajstić information content (AvgIpc) is 2.46. The van der Waals surface area contributed by atoms with Crippen molar-refractivity contribution in [2.75, 3.05) is 13.7 Å². The Morgan fingerprint density at radius 1 is 1.30 bits per heavy atom. The van der Waals surface area contributed by atoms with Gasteiger partial charge in [0, 0.05) is 0 Å². The Bertz CT molecular complexity index is 483. The Labute approximate surface area is 118 Å². The van der Waals surface area contributed by atoms with Crippen molar-refractivity contribution in [2.24, 2.45) is 11.6 Å². The van der Waals surface area contributed by atoms with Gasteiger partial charge in [-0.3, -0.25) is 0 Å². The van der Waals surface area contributed by atoms with Crippen molar-refractivity contribution in [3.05, 3.63) is 41.2 Å². The van der Waals surface area contributed by atoms with Crippen LogP contribution in [-0.2, 0) is 16.1 Å². The molecule has 20 heavy (non-hydrogen) atoms. The molecule has 0 aliphatic rings. The molecule has 0 aromatic heterocycles. The molecule has 0 radical (unpaired) electrons. The first-order chi connectivity index (χ1) is 9.49. The van der Waals surface area contributed by atoms with Gasteiger partial charge in [-0.2, -0.15) is 0 Å². The molecule has 1 aromatic carbocycles. The predicted molar refractivity (Wildman–Crippen MR) is 76.2 cm³/mol. The topological polar surface area (TPSA) is 90.8 Å². The van der Waals surface area contributed by atoms with Crippen molar-refractivity contribution in [2.45, 2.75) is 20.4 Å². The second-order valence-corrected chi connectivity index (χ2v) is 4.20. The van der Waals surface area contributed by atoms with Crippen molar-refractivity contribution in [1.82, 2.24) is 5.01 Å². The summed E-state index contributed by atoms with van der Waals surface area (Å²) in [6.45, 7) is 4.10. The summed E-state index contributed by atoms with van der Waals surface area (Å²) in [5, 5.41) is 1.41. The number of hydrogen-bond donors (Lipinski definition) is 2. The minimum absolute atomic E-state index is 0.0165. The zero-order chi connectivity index (χ0) is 15.1. The number of nitrogens with two attached hydrogens (primary N) is 2. The van der Waals surface area contributed by atoms with E-state index in [0.29, 0.717) is 12.2 Å². The van der Waals surface area contributed by atoms with Crippen LogP contribution in [0.5, 0.6) is 5.75 Å². The third-order valence-electron chi connectivity index (χ3n) is 2.83. The third kappa shape index (κ3) is 4.17. The molecule has 0 spiro atoms. The highest BCUT2D eigenvalue weighted by atomic mass is 16.5. The fraction of sp³-hybridized carbons (Fsp3) is 0.357. The highest BCUT2D eigenvalue weighted by molar-refractivity contribution is 5.88. The molecule has 0 heterocycles. The lowest BCUT2D eigenvalue weighted by Gasteiger charge is -2.21. The van der Waals surface area contributed by atoms with Crippen LogP contribution in [0.15, 0.2) is 35.7 Å². The van der Waals surface area contributed by atoms with Crippen LogP contribution >= 0.6 is 0 Å². The van der Waals surface area contributed by atoms with Crippen molar-refractivity contribution in [3.63, 3.8) is 0 Å². The number of hydrazine groups is 1. The van der Waals surface area contributed by atoms with Gasteiger partial charge in [0.05, 0.1) is 26.0 Å². The largest absolute Gasteiger partial charge is 0.497 e. The summed E-state index contributed by atoms with van der Waals surface area (Å²) < 4.78 is 9.92. The Morgan fingerprint density at radius 2 is 1.90 bits per heavy atom. The van der Waals surface area contributed by atoms with Crippen molar-refractivity contribution in [3.8, 4) is 5.75 Å². The second kappa shape index (κ2) is 7.40. The molecule has 0 saturated heterocycles. The van der Waals surface area contributed by atoms with Gasteiger partial charge in [0.25, 0.3) is 0 Å². The van der Waals surface area contributed by atoms with Gasteiger partial charge in [-0.05, 0) is 31.5 Å². The van der Waals surface area contributed by atoms with Gasteiger partial charge in [-0.25, -0.2) is 10.6 Å². The molecular weight excluding hydrogens is 258 g/mol. The van der Waals surface area contributed by atoms with E-state index in [1.165, 1.54) is 5.01 Å². The third-order valence-corrected chi connectivity index (χ3v) is 2.83. The molecule has 6 heteroatoms. The summed E-state index contributed by atoms with van der Waals surface area (Å²) in [7, 11) is 1.61. The molecular formula is C14H21N3O3. The van der Waals surface area contributed by atoms with E-state index in [9.17, 15) is 4.79 Å². The minimum Gasteiger partial charge on any atom is -0.497 e. The highest BCUT2D eigenvalue weighted by Gasteiger charge is 2.13. The number of methoxy groups -OCH3 is 1. The Morgan fingerprint density at radius 3 is 2.40 bits per heavy atom. The van der Waals surface area contributed by atoms with Crippen LogP contribution in [0.3, 0.4) is 0 Å². The summed E-state index contributed by atoms with van der Waals surface area (Å²) in [4.78, 5) is 11.5. The summed E-state index contributed by atoms with van der Waals surface area (Å²) in [5.41, 5.74) is 7.17. The van der Waals surface area contributed by atoms with E-state index >= 15 is 0 Å². The molecule has 110 valence electrons. The smallest absolute Gasteiger partial charge is 0.356 e. The number of ether oxygens (including phenoxy) is 2. The normalized spacial score (nSPS) is 11.6. The monoisotopic (exact) mass is 279 g/mol. The molecule has 0 amide bonds. The fourth-order valence-corrected chi connectivity index (χ4v) is 1.56. The zero-order valence-electron chi connectivity index (χ0n) is 12.1. The Balaban J connectivity index is 2.75. The number of allylic oxidation sites excluding steroid dienone is 1. The minimum atomic E-state index is -0.560. The van der Waals surface area contributed by atoms with Crippen LogP contribution in [0.4, 0.5) is 0 Å². The molecule has 0 unspecified atom stereocenters. The number of rotatable bonds is 6. The molecule has 4 N–H and O–H groups in total. The Kier molecular flexibility index (Phi) is 5.86. The SMILES string of the molecule is CCOC(=O)/C(N)=C(\C)N(N)Cc1ccc(OC)cc1. The summed E-state index contributed by atoms with van der Waals surface area (Å²) >= 11 is 0. The lowest BCUT2D eigenvalue weighted by atomic mass is 10.2. The van der Waals surface area contributed by atoms with E-state index in [1.807, 2.05) is 24.3 Å². The number of nitrogens with zero attached hydrogens (tertiary/aromatic N) is 1. The van der Waals surface area contributed by atoms with Gasteiger partial charge in [-0.1, -0.05) is 12.1 Å². The zero-order valence-corrected chi connectivity index (χ0v) is 12.1. The van der Waals surface area contributed by atoms with Gasteiger partial charge in [-0.15, -0.1) is 0 Å². The van der Waals surface area contributed by atoms with E-state index in [2.05, 4.69) is 0 Å². The lowest BCUT2D eigenvalue weighted by Crippen LogP contribution is -2.32. The molecule has 0 aliphatic carbocycles. The van der Waals surface area contributed by atoms with Crippen LogP contribution in [-0.4, -0.2) is 24.7 Å². The van der Waals surface area contributed by atoms with E-state index in [0.717, 1.165) is 11.3 Å². The molecule has 0 saturated carbocycles. The second-order valence-electron chi connectivity index (χ2n) is 4.20.